The van der Waals surface area contributed by atoms with Crippen molar-refractivity contribution in [1.82, 2.24) is 0 Å². The van der Waals surface area contributed by atoms with Crippen molar-refractivity contribution in [1.29, 1.82) is 0 Å². The van der Waals surface area contributed by atoms with Gasteiger partial charge >= 0.3 is 0 Å². The summed E-state index contributed by atoms with van der Waals surface area (Å²) in [6.45, 7) is 4.47. The van der Waals surface area contributed by atoms with Gasteiger partial charge in [-0.2, -0.15) is 0 Å². The fourth-order valence-electron chi connectivity index (χ4n) is 2.68. The minimum atomic E-state index is 0.558. The van der Waals surface area contributed by atoms with E-state index in [1.54, 1.807) is 0 Å². The van der Waals surface area contributed by atoms with E-state index in [0.29, 0.717) is 12.3 Å². The second-order valence-corrected chi connectivity index (χ2v) is 6.47. The smallest absolute Gasteiger partial charge is 0.120 e. The van der Waals surface area contributed by atoms with Gasteiger partial charge in [-0.3, -0.25) is 0 Å². The Bertz CT molecular complexity index is 232. The molecule has 0 aliphatic heterocycles. The van der Waals surface area contributed by atoms with Crippen LogP contribution in [0.4, 0.5) is 0 Å². The van der Waals surface area contributed by atoms with E-state index in [-0.39, 0.29) is 0 Å². The fraction of sp³-hybridized carbons (Fsp3) is 0.850. The van der Waals surface area contributed by atoms with Gasteiger partial charge in [0.1, 0.15) is 6.29 Å². The molecule has 0 spiro atoms. The van der Waals surface area contributed by atoms with E-state index in [2.05, 4.69) is 26.0 Å². The zero-order chi connectivity index (χ0) is 15.6. The van der Waals surface area contributed by atoms with E-state index in [9.17, 15) is 4.79 Å². The monoisotopic (exact) mass is 294 g/mol. The summed E-state index contributed by atoms with van der Waals surface area (Å²) < 4.78 is 0. The van der Waals surface area contributed by atoms with Gasteiger partial charge in [0.05, 0.1) is 0 Å². The van der Waals surface area contributed by atoms with Crippen molar-refractivity contribution in [2.75, 3.05) is 0 Å². The molecule has 0 saturated heterocycles. The van der Waals surface area contributed by atoms with Crippen LogP contribution in [0.25, 0.3) is 0 Å². The Morgan fingerprint density at radius 2 is 1.29 bits per heavy atom. The highest BCUT2D eigenvalue weighted by Gasteiger charge is 1.95. The van der Waals surface area contributed by atoms with Gasteiger partial charge in [-0.15, -0.1) is 0 Å². The molecule has 0 fully saturated rings. The fourth-order valence-corrected chi connectivity index (χ4v) is 2.68. The van der Waals surface area contributed by atoms with Gasteiger partial charge in [-0.1, -0.05) is 90.2 Å². The van der Waals surface area contributed by atoms with Crippen molar-refractivity contribution in [3.8, 4) is 0 Å². The summed E-state index contributed by atoms with van der Waals surface area (Å²) in [7, 11) is 0. The van der Waals surface area contributed by atoms with E-state index in [4.69, 9.17) is 0 Å². The topological polar surface area (TPSA) is 17.1 Å². The molecule has 0 aromatic heterocycles. The highest BCUT2D eigenvalue weighted by molar-refractivity contribution is 5.49. The minimum absolute atomic E-state index is 0.558. The average Bonchev–Trinajstić information content (AvgIpc) is 2.49. The largest absolute Gasteiger partial charge is 0.303 e. The molecule has 0 bridgehead atoms. The number of rotatable bonds is 16. The van der Waals surface area contributed by atoms with Gasteiger partial charge in [0.2, 0.25) is 0 Å². The van der Waals surface area contributed by atoms with E-state index in [1.807, 2.05) is 0 Å². The van der Waals surface area contributed by atoms with Gasteiger partial charge in [0.25, 0.3) is 0 Å². The van der Waals surface area contributed by atoms with Crippen LogP contribution in [-0.4, -0.2) is 6.29 Å². The lowest BCUT2D eigenvalue weighted by atomic mass is 10.0. The summed E-state index contributed by atoms with van der Waals surface area (Å²) in [4.78, 5) is 10.3. The second kappa shape index (κ2) is 17.5. The van der Waals surface area contributed by atoms with Crippen LogP contribution in [0.2, 0.25) is 0 Å². The summed E-state index contributed by atoms with van der Waals surface area (Å²) in [6, 6.07) is 0. The molecule has 0 aromatic carbocycles. The van der Waals surface area contributed by atoms with Crippen molar-refractivity contribution in [2.45, 2.75) is 104 Å². The first-order chi connectivity index (χ1) is 10.3. The van der Waals surface area contributed by atoms with Gasteiger partial charge in [0, 0.05) is 6.42 Å². The number of hydrogen-bond acceptors (Lipinski definition) is 1. The van der Waals surface area contributed by atoms with Crippen LogP contribution in [0, 0.1) is 5.92 Å². The minimum Gasteiger partial charge on any atom is -0.303 e. The van der Waals surface area contributed by atoms with E-state index < -0.39 is 0 Å². The number of hydrogen-bond donors (Lipinski definition) is 0. The molecule has 1 atom stereocenters. The number of carbonyl (C=O) groups excluding carboxylic acids is 1. The third-order valence-electron chi connectivity index (χ3n) is 4.18. The molecule has 124 valence electrons. The predicted octanol–water partition coefficient (Wildman–Crippen LogP) is 6.86. The van der Waals surface area contributed by atoms with Gasteiger partial charge < -0.3 is 4.79 Å². The maximum atomic E-state index is 10.3. The zero-order valence-corrected chi connectivity index (χ0v) is 14.6. The Kier molecular flexibility index (Phi) is 17.0. The zero-order valence-electron chi connectivity index (χ0n) is 14.6. The van der Waals surface area contributed by atoms with E-state index >= 15 is 0 Å². The molecular formula is C20H38O. The lowest BCUT2D eigenvalue weighted by Crippen LogP contribution is -1.89. The van der Waals surface area contributed by atoms with Crippen LogP contribution in [0.15, 0.2) is 12.2 Å². The van der Waals surface area contributed by atoms with Crippen LogP contribution >= 0.6 is 0 Å². The van der Waals surface area contributed by atoms with Crippen LogP contribution < -0.4 is 0 Å². The Morgan fingerprint density at radius 3 is 1.81 bits per heavy atom. The maximum absolute atomic E-state index is 10.3. The molecule has 1 heteroatoms. The molecule has 0 unspecified atom stereocenters. The lowest BCUT2D eigenvalue weighted by molar-refractivity contribution is -0.108. The molecule has 0 N–H and O–H groups in total. The molecular weight excluding hydrogens is 256 g/mol. The standard InChI is InChI=1S/C20H38O/c1-3-4-5-6-7-8-9-10-11-12-13-14-15-17-20(2)18-16-19-21/h15,17,19-20H,3-14,16,18H2,1-2H3/b17-15+/t20-/m1/s1. The predicted molar refractivity (Wildman–Crippen MR) is 94.7 cm³/mol. The summed E-state index contributed by atoms with van der Waals surface area (Å²) in [5, 5.41) is 0. The molecule has 1 nitrogen and oxygen atoms in total. The Hall–Kier alpha value is -0.590. The third-order valence-corrected chi connectivity index (χ3v) is 4.18. The molecule has 0 aliphatic rings. The Balaban J connectivity index is 3.14. The molecule has 0 saturated carbocycles. The van der Waals surface area contributed by atoms with Crippen LogP contribution in [0.1, 0.15) is 104 Å². The van der Waals surface area contributed by atoms with Gasteiger partial charge in [0.15, 0.2) is 0 Å². The molecule has 0 rings (SSSR count). The number of carbonyl (C=O) groups is 1. The maximum Gasteiger partial charge on any atom is 0.120 e. The van der Waals surface area contributed by atoms with E-state index in [0.717, 1.165) is 12.7 Å². The molecule has 0 aromatic rings. The van der Waals surface area contributed by atoms with Crippen LogP contribution in [0.3, 0.4) is 0 Å². The average molecular weight is 295 g/mol. The molecule has 0 aliphatic carbocycles. The van der Waals surface area contributed by atoms with Crippen LogP contribution in [0.5, 0.6) is 0 Å². The van der Waals surface area contributed by atoms with Gasteiger partial charge in [-0.25, -0.2) is 0 Å². The summed E-state index contributed by atoms with van der Waals surface area (Å²) in [6.07, 6.45) is 24.0. The molecule has 21 heavy (non-hydrogen) atoms. The van der Waals surface area contributed by atoms with Crippen molar-refractivity contribution in [3.05, 3.63) is 12.2 Å². The summed E-state index contributed by atoms with van der Waals surface area (Å²) in [5.41, 5.74) is 0. The Morgan fingerprint density at radius 1 is 0.762 bits per heavy atom. The summed E-state index contributed by atoms with van der Waals surface area (Å²) >= 11 is 0. The molecule has 0 amide bonds. The number of allylic oxidation sites excluding steroid dienone is 2. The van der Waals surface area contributed by atoms with Crippen molar-refractivity contribution in [2.24, 2.45) is 5.92 Å². The van der Waals surface area contributed by atoms with Crippen LogP contribution in [-0.2, 0) is 4.79 Å². The van der Waals surface area contributed by atoms with Crippen molar-refractivity contribution >= 4 is 6.29 Å². The quantitative estimate of drug-likeness (QED) is 0.173. The number of aldehydes is 1. The molecule has 0 radical (unpaired) electrons. The first kappa shape index (κ1) is 20.4. The van der Waals surface area contributed by atoms with Crippen molar-refractivity contribution in [3.63, 3.8) is 0 Å². The SMILES string of the molecule is CCCCCCCCCCCCC/C=C/[C@@H](C)CCC=O. The normalized spacial score (nSPS) is 12.9. The first-order valence-electron chi connectivity index (χ1n) is 9.41. The van der Waals surface area contributed by atoms with Crippen molar-refractivity contribution < 1.29 is 4.79 Å². The van der Waals surface area contributed by atoms with E-state index in [1.165, 1.54) is 77.0 Å². The lowest BCUT2D eigenvalue weighted by Gasteiger charge is -2.03. The summed E-state index contributed by atoms with van der Waals surface area (Å²) in [5.74, 6) is 0.558. The van der Waals surface area contributed by atoms with Gasteiger partial charge in [-0.05, 0) is 25.2 Å². The first-order valence-corrected chi connectivity index (χ1v) is 9.41. The molecule has 0 heterocycles. The number of unbranched alkanes of at least 4 members (excludes halogenated alkanes) is 11. The second-order valence-electron chi connectivity index (χ2n) is 6.47. The highest BCUT2D eigenvalue weighted by Crippen LogP contribution is 2.12. The third kappa shape index (κ3) is 17.4. The Labute approximate surface area is 133 Å². The highest BCUT2D eigenvalue weighted by atomic mass is 16.1.